The summed E-state index contributed by atoms with van der Waals surface area (Å²) in [6.07, 6.45) is -20.4. The van der Waals surface area contributed by atoms with E-state index in [-0.39, 0.29) is 30.1 Å². The second-order valence-corrected chi connectivity index (χ2v) is 12.8. The largest absolute Gasteiger partial charge is 0.504 e. The van der Waals surface area contributed by atoms with Crippen molar-refractivity contribution in [3.05, 3.63) is 53.6 Å². The Morgan fingerprint density at radius 2 is 1.42 bits per heavy atom. The van der Waals surface area contributed by atoms with Gasteiger partial charge in [-0.25, -0.2) is 4.79 Å². The van der Waals surface area contributed by atoms with Crippen LogP contribution in [0.5, 0.6) is 23.0 Å². The molecule has 14 atom stereocenters. The highest BCUT2D eigenvalue weighted by atomic mass is 16.8. The molecule has 0 unspecified atom stereocenters. The summed E-state index contributed by atoms with van der Waals surface area (Å²) >= 11 is 0. The SMILES string of the molecule is C[C@@H]1O[C@@H](O[C@@H]2[C@@H](O[C@@H]3OC[C@H](O)[C@H](O)[C@H]3O)[C@H](OCCc3ccc(O)c(O)c3)O[C@H](CO)[C@H]2OC(=O)/C=C/c2ccc(O)c(O)c2)[C@H](O)[C@H](O)[C@H]1O. The molecule has 5 rings (SSSR count). The summed E-state index contributed by atoms with van der Waals surface area (Å²) in [6.45, 7) is -0.101. The van der Waals surface area contributed by atoms with E-state index in [1.165, 1.54) is 49.4 Å². The van der Waals surface area contributed by atoms with E-state index in [2.05, 4.69) is 0 Å². The van der Waals surface area contributed by atoms with Gasteiger partial charge in [0, 0.05) is 6.08 Å². The average molecular weight is 757 g/mol. The van der Waals surface area contributed by atoms with Gasteiger partial charge in [0.2, 0.25) is 0 Å². The number of esters is 1. The molecule has 0 saturated carbocycles. The molecule has 3 heterocycles. The van der Waals surface area contributed by atoms with E-state index in [9.17, 15) is 61.0 Å². The fourth-order valence-electron chi connectivity index (χ4n) is 5.93. The summed E-state index contributed by atoms with van der Waals surface area (Å²) in [5.41, 5.74) is 0.800. The standard InChI is InChI=1S/C34H44O19/c1-14-24(42)26(44)28(46)33(49-14)52-30-29(51-23(41)7-4-15-2-5-17(36)19(38)10-15)22(12-35)50-34(47-9-8-16-3-6-18(37)20(39)11-16)31(30)53-32-27(45)25(43)21(40)13-48-32/h2-7,10-11,14,21-22,24-40,42-46H,8-9,12-13H2,1H3/b7-4+/t14-,21-,22+,24-,25-,26+,27+,28+,29+,30-,31+,32-,33-,34+/m0/s1. The van der Waals surface area contributed by atoms with Crippen molar-refractivity contribution in [2.75, 3.05) is 19.8 Å². The minimum atomic E-state index is -1.88. The molecule has 3 aliphatic heterocycles. The lowest BCUT2D eigenvalue weighted by atomic mass is 9.96. The molecule has 0 spiro atoms. The fraction of sp³-hybridized carbons (Fsp3) is 0.559. The minimum Gasteiger partial charge on any atom is -0.504 e. The third-order valence-corrected chi connectivity index (χ3v) is 8.99. The number of carbonyl (C=O) groups is 1. The topological polar surface area (TPSA) is 304 Å². The van der Waals surface area contributed by atoms with Gasteiger partial charge >= 0.3 is 5.97 Å². The number of phenolic OH excluding ortho intramolecular Hbond substituents is 4. The number of hydrogen-bond acceptors (Lipinski definition) is 19. The molecule has 19 heteroatoms. The summed E-state index contributed by atoms with van der Waals surface area (Å²) < 4.78 is 40.9. The molecule has 3 aliphatic rings. The predicted molar refractivity (Wildman–Crippen MR) is 174 cm³/mol. The Balaban J connectivity index is 1.48. The first-order valence-corrected chi connectivity index (χ1v) is 16.6. The number of rotatable bonds is 12. The van der Waals surface area contributed by atoms with Crippen molar-refractivity contribution < 1.29 is 94.1 Å². The molecule has 2 aromatic carbocycles. The molecule has 3 saturated heterocycles. The van der Waals surface area contributed by atoms with Crippen LogP contribution >= 0.6 is 0 Å². The molecule has 3 fully saturated rings. The second kappa shape index (κ2) is 17.6. The van der Waals surface area contributed by atoms with Gasteiger partial charge in [-0.3, -0.25) is 0 Å². The lowest BCUT2D eigenvalue weighted by Crippen LogP contribution is -2.67. The number of aromatic hydroxyl groups is 4. The first kappa shape index (κ1) is 40.5. The van der Waals surface area contributed by atoms with E-state index in [1.807, 2.05) is 0 Å². The summed E-state index contributed by atoms with van der Waals surface area (Å²) in [5.74, 6) is -2.64. The van der Waals surface area contributed by atoms with Gasteiger partial charge in [0.05, 0.1) is 25.9 Å². The van der Waals surface area contributed by atoms with Crippen LogP contribution in [0.2, 0.25) is 0 Å². The highest BCUT2D eigenvalue weighted by Crippen LogP contribution is 2.35. The van der Waals surface area contributed by atoms with Crippen molar-refractivity contribution in [2.24, 2.45) is 0 Å². The monoisotopic (exact) mass is 756 g/mol. The van der Waals surface area contributed by atoms with Crippen LogP contribution in [0.3, 0.4) is 0 Å². The third-order valence-electron chi connectivity index (χ3n) is 8.99. The molecular weight excluding hydrogens is 712 g/mol. The van der Waals surface area contributed by atoms with E-state index < -0.39 is 117 Å². The maximum absolute atomic E-state index is 13.2. The molecule has 19 nitrogen and oxygen atoms in total. The Morgan fingerprint density at radius 1 is 0.755 bits per heavy atom. The van der Waals surface area contributed by atoms with Gasteiger partial charge in [0.1, 0.15) is 54.9 Å². The lowest BCUT2D eigenvalue weighted by Gasteiger charge is -2.49. The van der Waals surface area contributed by atoms with Gasteiger partial charge in [-0.05, 0) is 54.8 Å². The molecule has 0 radical (unpaired) electrons. The van der Waals surface area contributed by atoms with Crippen LogP contribution in [-0.2, 0) is 44.4 Å². The maximum Gasteiger partial charge on any atom is 0.331 e. The van der Waals surface area contributed by atoms with Crippen LogP contribution in [-0.4, -0.2) is 168 Å². The predicted octanol–water partition coefficient (Wildman–Crippen LogP) is -2.55. The molecule has 11 N–H and O–H groups in total. The van der Waals surface area contributed by atoms with Crippen molar-refractivity contribution in [2.45, 2.75) is 99.4 Å². The first-order valence-electron chi connectivity index (χ1n) is 16.6. The average Bonchev–Trinajstić information content (AvgIpc) is 3.13. The number of aliphatic hydroxyl groups excluding tert-OH is 7. The summed E-state index contributed by atoms with van der Waals surface area (Å²) in [5, 5.41) is 112. The Kier molecular flexibility index (Phi) is 13.5. The number of carbonyl (C=O) groups excluding carboxylic acids is 1. The minimum absolute atomic E-state index is 0.116. The quantitative estimate of drug-likeness (QED) is 0.0603. The van der Waals surface area contributed by atoms with Gasteiger partial charge < -0.3 is 89.3 Å². The molecule has 0 amide bonds. The van der Waals surface area contributed by atoms with E-state index in [0.717, 1.165) is 6.08 Å². The Bertz CT molecular complexity index is 1560. The number of aliphatic hydroxyl groups is 7. The van der Waals surface area contributed by atoms with E-state index in [4.69, 9.17) is 33.2 Å². The first-order chi connectivity index (χ1) is 25.2. The zero-order chi connectivity index (χ0) is 38.6. The van der Waals surface area contributed by atoms with E-state index >= 15 is 0 Å². The zero-order valence-corrected chi connectivity index (χ0v) is 28.2. The number of ether oxygens (including phenoxy) is 7. The van der Waals surface area contributed by atoms with Crippen molar-refractivity contribution in [1.82, 2.24) is 0 Å². The van der Waals surface area contributed by atoms with Crippen LogP contribution in [0.4, 0.5) is 0 Å². The van der Waals surface area contributed by atoms with Gasteiger partial charge in [-0.2, -0.15) is 0 Å². The highest BCUT2D eigenvalue weighted by molar-refractivity contribution is 5.87. The van der Waals surface area contributed by atoms with Crippen molar-refractivity contribution in [3.8, 4) is 23.0 Å². The molecule has 0 aliphatic carbocycles. The van der Waals surface area contributed by atoms with Crippen molar-refractivity contribution in [1.29, 1.82) is 0 Å². The van der Waals surface area contributed by atoms with Gasteiger partial charge in [-0.1, -0.05) is 12.1 Å². The lowest BCUT2D eigenvalue weighted by molar-refractivity contribution is -0.385. The van der Waals surface area contributed by atoms with Crippen LogP contribution in [0.25, 0.3) is 6.08 Å². The smallest absolute Gasteiger partial charge is 0.331 e. The molecule has 2 aromatic rings. The van der Waals surface area contributed by atoms with Crippen LogP contribution in [0.1, 0.15) is 18.1 Å². The number of hydrogen-bond donors (Lipinski definition) is 11. The Labute approximate surface area is 302 Å². The van der Waals surface area contributed by atoms with Crippen LogP contribution in [0, 0.1) is 0 Å². The van der Waals surface area contributed by atoms with Crippen molar-refractivity contribution >= 4 is 12.0 Å². The van der Waals surface area contributed by atoms with E-state index in [1.54, 1.807) is 0 Å². The maximum atomic E-state index is 13.2. The second-order valence-electron chi connectivity index (χ2n) is 12.8. The molecule has 53 heavy (non-hydrogen) atoms. The van der Waals surface area contributed by atoms with Crippen LogP contribution < -0.4 is 0 Å². The summed E-state index contributed by atoms with van der Waals surface area (Å²) in [4.78, 5) is 13.2. The molecule has 0 aromatic heterocycles. The van der Waals surface area contributed by atoms with Gasteiger partial charge in [-0.15, -0.1) is 0 Å². The fourth-order valence-corrected chi connectivity index (χ4v) is 5.93. The van der Waals surface area contributed by atoms with Gasteiger partial charge in [0.15, 0.2) is 48.0 Å². The van der Waals surface area contributed by atoms with Gasteiger partial charge in [0.25, 0.3) is 0 Å². The zero-order valence-electron chi connectivity index (χ0n) is 28.2. The normalized spacial score (nSPS) is 36.4. The summed E-state index contributed by atoms with van der Waals surface area (Å²) in [7, 11) is 0. The Morgan fingerprint density at radius 3 is 2.09 bits per heavy atom. The molecule has 294 valence electrons. The van der Waals surface area contributed by atoms with E-state index in [0.29, 0.717) is 5.56 Å². The number of phenols is 4. The Hall–Kier alpha value is -3.67. The molecular formula is C34H44O19. The third kappa shape index (κ3) is 9.53. The van der Waals surface area contributed by atoms with Crippen molar-refractivity contribution in [3.63, 3.8) is 0 Å². The summed E-state index contributed by atoms with van der Waals surface area (Å²) in [6, 6.07) is 7.81. The molecule has 0 bridgehead atoms. The number of benzene rings is 2. The van der Waals surface area contributed by atoms with Crippen LogP contribution in [0.15, 0.2) is 42.5 Å². The highest BCUT2D eigenvalue weighted by Gasteiger charge is 2.55.